The van der Waals surface area contributed by atoms with Crippen LogP contribution in [-0.4, -0.2) is 26.1 Å². The van der Waals surface area contributed by atoms with Gasteiger partial charge in [-0.15, -0.1) is 0 Å². The molecule has 0 bridgehead atoms. The normalized spacial score (nSPS) is 11.9. The molecule has 0 amide bonds. The van der Waals surface area contributed by atoms with Crippen LogP contribution in [0.15, 0.2) is 29.3 Å². The van der Waals surface area contributed by atoms with Gasteiger partial charge in [-0.05, 0) is 19.1 Å². The van der Waals surface area contributed by atoms with E-state index < -0.39 is 6.04 Å². The Morgan fingerprint density at radius 1 is 1.41 bits per heavy atom. The lowest BCUT2D eigenvalue weighted by molar-refractivity contribution is 0.599. The lowest BCUT2D eigenvalue weighted by Gasteiger charge is -2.20. The maximum Gasteiger partial charge on any atom is 0.263 e. The lowest BCUT2D eigenvalue weighted by atomic mass is 10.2. The fourth-order valence-electron chi connectivity index (χ4n) is 2.80. The minimum Gasteiger partial charge on any atom is -0.382 e. The van der Waals surface area contributed by atoms with E-state index in [9.17, 15) is 10.1 Å². The number of rotatable bonds is 5. The van der Waals surface area contributed by atoms with Gasteiger partial charge in [-0.2, -0.15) is 5.26 Å². The van der Waals surface area contributed by atoms with Gasteiger partial charge in [-0.25, -0.2) is 15.0 Å². The molecule has 0 aliphatic carbocycles. The van der Waals surface area contributed by atoms with Crippen molar-refractivity contribution < 1.29 is 0 Å². The highest BCUT2D eigenvalue weighted by atomic mass is 35.5. The number of nitrogens with two attached hydrogens (primary N) is 2. The average Bonchev–Trinajstić information content (AvgIpc) is 2.64. The zero-order valence-electron chi connectivity index (χ0n) is 14.5. The molecular weight excluding hydrogens is 368 g/mol. The Balaban J connectivity index is 2.13. The van der Waals surface area contributed by atoms with Crippen molar-refractivity contribution in [1.29, 1.82) is 5.26 Å². The van der Waals surface area contributed by atoms with Crippen LogP contribution in [0.25, 0.3) is 10.9 Å². The minimum atomic E-state index is -0.464. The van der Waals surface area contributed by atoms with Crippen LogP contribution in [0.1, 0.15) is 24.4 Å². The third-order valence-electron chi connectivity index (χ3n) is 4.04. The van der Waals surface area contributed by atoms with E-state index in [0.717, 1.165) is 0 Å². The average molecular weight is 385 g/mol. The van der Waals surface area contributed by atoms with Crippen LogP contribution in [0, 0.1) is 11.3 Å². The molecule has 0 saturated heterocycles. The zero-order chi connectivity index (χ0) is 19.6. The summed E-state index contributed by atoms with van der Waals surface area (Å²) in [7, 11) is 0. The second kappa shape index (κ2) is 7.57. The Labute approximate surface area is 159 Å². The van der Waals surface area contributed by atoms with E-state index in [1.165, 1.54) is 10.9 Å². The summed E-state index contributed by atoms with van der Waals surface area (Å²) in [5.74, 6) is 0.776. The molecule has 2 aromatic heterocycles. The zero-order valence-corrected chi connectivity index (χ0v) is 15.2. The van der Waals surface area contributed by atoms with Crippen molar-refractivity contribution >= 4 is 34.1 Å². The van der Waals surface area contributed by atoms with Crippen LogP contribution >= 0.6 is 11.6 Å². The molecule has 0 fully saturated rings. The van der Waals surface area contributed by atoms with E-state index in [1.54, 1.807) is 25.1 Å². The van der Waals surface area contributed by atoms with Crippen molar-refractivity contribution in [2.24, 2.45) is 5.73 Å². The smallest absolute Gasteiger partial charge is 0.263 e. The fraction of sp³-hybridized carbons (Fsp3) is 0.235. The summed E-state index contributed by atoms with van der Waals surface area (Å²) in [5.41, 5.74) is 11.7. The number of benzene rings is 1. The molecule has 3 rings (SSSR count). The summed E-state index contributed by atoms with van der Waals surface area (Å²) in [5, 5.41) is 13.0. The maximum atomic E-state index is 13.0. The first-order valence-corrected chi connectivity index (χ1v) is 8.51. The van der Waals surface area contributed by atoms with Gasteiger partial charge in [-0.3, -0.25) is 9.36 Å². The van der Waals surface area contributed by atoms with E-state index in [4.69, 9.17) is 23.1 Å². The molecular formula is C17H17ClN8O. The fourth-order valence-corrected chi connectivity index (χ4v) is 3.06. The highest BCUT2D eigenvalue weighted by Gasteiger charge is 2.19. The Hall–Kier alpha value is -3.22. The van der Waals surface area contributed by atoms with Crippen molar-refractivity contribution in [1.82, 2.24) is 19.5 Å². The van der Waals surface area contributed by atoms with Gasteiger partial charge in [0.1, 0.15) is 35.4 Å². The molecule has 0 radical (unpaired) electrons. The number of hydrogen-bond acceptors (Lipinski definition) is 8. The molecule has 9 nitrogen and oxygen atoms in total. The summed E-state index contributed by atoms with van der Waals surface area (Å²) < 4.78 is 1.47. The van der Waals surface area contributed by atoms with Crippen LogP contribution in [0.5, 0.6) is 0 Å². The first-order chi connectivity index (χ1) is 13.0. The Bertz CT molecular complexity index is 1100. The highest BCUT2D eigenvalue weighted by Crippen LogP contribution is 2.24. The van der Waals surface area contributed by atoms with Gasteiger partial charge in [0, 0.05) is 13.1 Å². The topological polar surface area (TPSA) is 149 Å². The quantitative estimate of drug-likeness (QED) is 0.598. The molecule has 0 aliphatic rings. The van der Waals surface area contributed by atoms with Gasteiger partial charge in [-0.1, -0.05) is 17.7 Å². The van der Waals surface area contributed by atoms with Gasteiger partial charge in [0.15, 0.2) is 0 Å². The molecule has 0 aliphatic heterocycles. The molecule has 1 aromatic carbocycles. The third kappa shape index (κ3) is 3.40. The summed E-state index contributed by atoms with van der Waals surface area (Å²) in [6.45, 7) is 2.32. The molecule has 27 heavy (non-hydrogen) atoms. The van der Waals surface area contributed by atoms with E-state index >= 15 is 0 Å². The molecule has 0 saturated carbocycles. The molecule has 5 N–H and O–H groups in total. The minimum absolute atomic E-state index is 0.0693. The van der Waals surface area contributed by atoms with E-state index in [2.05, 4.69) is 20.3 Å². The standard InChI is InChI=1S/C17H17ClN8O/c1-9(24-15-10(7-20)14(21)22-8-23-15)16-25-12-4-2-3-11(18)13(12)17(27)26(16)6-5-19/h2-4,8-9H,5-6,19H2,1H3,(H3,21,22,23,24)/t9-/m0/s1. The van der Waals surface area contributed by atoms with Gasteiger partial charge in [0.25, 0.3) is 5.56 Å². The van der Waals surface area contributed by atoms with Gasteiger partial charge in [0.05, 0.1) is 22.0 Å². The monoisotopic (exact) mass is 384 g/mol. The highest BCUT2D eigenvalue weighted by molar-refractivity contribution is 6.35. The molecule has 3 aromatic rings. The van der Waals surface area contributed by atoms with E-state index in [-0.39, 0.29) is 35.8 Å². The number of anilines is 2. The number of nitriles is 1. The molecule has 2 heterocycles. The van der Waals surface area contributed by atoms with Crippen molar-refractivity contribution in [3.63, 3.8) is 0 Å². The Morgan fingerprint density at radius 3 is 2.89 bits per heavy atom. The number of halogens is 1. The molecule has 1 atom stereocenters. The summed E-state index contributed by atoms with van der Waals surface area (Å²) >= 11 is 6.19. The number of nitrogens with one attached hydrogen (secondary N) is 1. The van der Waals surface area contributed by atoms with E-state index in [0.29, 0.717) is 21.7 Å². The number of hydrogen-bond donors (Lipinski definition) is 3. The van der Waals surface area contributed by atoms with Crippen molar-refractivity contribution in [2.75, 3.05) is 17.6 Å². The van der Waals surface area contributed by atoms with Gasteiger partial charge < -0.3 is 16.8 Å². The first-order valence-electron chi connectivity index (χ1n) is 8.14. The largest absolute Gasteiger partial charge is 0.382 e. The van der Waals surface area contributed by atoms with Crippen LogP contribution < -0.4 is 22.3 Å². The Morgan fingerprint density at radius 2 is 2.19 bits per heavy atom. The molecule has 10 heteroatoms. The summed E-state index contributed by atoms with van der Waals surface area (Å²) in [4.78, 5) is 25.4. The van der Waals surface area contributed by atoms with E-state index in [1.807, 2.05) is 6.07 Å². The Kier molecular flexibility index (Phi) is 5.21. The first kappa shape index (κ1) is 18.6. The lowest BCUT2D eigenvalue weighted by Crippen LogP contribution is -2.31. The van der Waals surface area contributed by atoms with Crippen LogP contribution in [0.4, 0.5) is 11.6 Å². The summed E-state index contributed by atoms with van der Waals surface area (Å²) in [6, 6.07) is 6.59. The van der Waals surface area contributed by atoms with Crippen molar-refractivity contribution in [3.05, 3.63) is 51.3 Å². The maximum absolute atomic E-state index is 13.0. The SMILES string of the molecule is C[C@H](Nc1ncnc(N)c1C#N)c1nc2cccc(Cl)c2c(=O)n1CCN. The second-order valence-corrected chi connectivity index (χ2v) is 6.22. The molecule has 138 valence electrons. The third-order valence-corrected chi connectivity index (χ3v) is 4.36. The van der Waals surface area contributed by atoms with Gasteiger partial charge in [0.2, 0.25) is 0 Å². The number of nitrogens with zero attached hydrogens (tertiary/aromatic N) is 5. The predicted molar refractivity (Wildman–Crippen MR) is 103 cm³/mol. The van der Waals surface area contributed by atoms with Crippen LogP contribution in [-0.2, 0) is 6.54 Å². The van der Waals surface area contributed by atoms with Gasteiger partial charge >= 0.3 is 0 Å². The number of nitrogen functional groups attached to an aromatic ring is 1. The number of fused-ring (bicyclic) bond motifs is 1. The number of aromatic nitrogens is 4. The molecule has 0 spiro atoms. The van der Waals surface area contributed by atoms with Crippen LogP contribution in [0.2, 0.25) is 5.02 Å². The van der Waals surface area contributed by atoms with Crippen LogP contribution in [0.3, 0.4) is 0 Å². The molecule has 0 unspecified atom stereocenters. The van der Waals surface area contributed by atoms with Crippen molar-refractivity contribution in [2.45, 2.75) is 19.5 Å². The predicted octanol–water partition coefficient (Wildman–Crippen LogP) is 1.43. The second-order valence-electron chi connectivity index (χ2n) is 5.81. The van der Waals surface area contributed by atoms with Crippen molar-refractivity contribution in [3.8, 4) is 6.07 Å². The summed E-state index contributed by atoms with van der Waals surface area (Å²) in [6.07, 6.45) is 1.26.